The fourth-order valence-corrected chi connectivity index (χ4v) is 11.1. The summed E-state index contributed by atoms with van der Waals surface area (Å²) in [5, 5.41) is 9.80. The number of fused-ring (bicyclic) bond motifs is 11. The zero-order chi connectivity index (χ0) is 37.5. The molecule has 0 atom stereocenters. The lowest BCUT2D eigenvalue weighted by Gasteiger charge is -2.33. The summed E-state index contributed by atoms with van der Waals surface area (Å²) in [5.41, 5.74) is 8.31. The number of nitrogens with zero attached hydrogens (tertiary/aromatic N) is 2. The number of benzene rings is 9. The first-order chi connectivity index (χ1) is 28.3. The Hall–Kier alpha value is -6.92. The number of furan rings is 1. The van der Waals surface area contributed by atoms with E-state index < -0.39 is 0 Å². The lowest BCUT2D eigenvalue weighted by atomic mass is 10.0. The summed E-state index contributed by atoms with van der Waals surface area (Å²) < 4.78 is 11.4. The van der Waals surface area contributed by atoms with Crippen molar-refractivity contribution in [2.75, 3.05) is 9.80 Å². The topological polar surface area (TPSA) is 19.6 Å². The fourth-order valence-electron chi connectivity index (χ4n) is 8.64. The van der Waals surface area contributed by atoms with E-state index in [1.807, 2.05) is 34.8 Å². The SMILES string of the molecule is c1ccc(N(c2ccc3oc4ccccc4c3c2)c2cc3sc4c5ccccc5ccc4c3cc2N(c2ccccc2)c2cccc3c2sc2ccccc23)cc1. The minimum Gasteiger partial charge on any atom is -0.456 e. The van der Waals surface area contributed by atoms with Crippen molar-refractivity contribution in [3.8, 4) is 0 Å². The standard InChI is InChI=1S/C52H32N2OS2/c1-3-15-34(16-4-1)53(36-27-29-48-42(30-36)38-20-9-11-24-47(38)55-48)46-32-50-43(41-28-26-33-14-7-8-19-37(33)51(41)57-50)31-45(46)54(35-17-5-2-6-18-35)44-23-13-22-40-39-21-10-12-25-49(39)56-52(40)44/h1-32H. The van der Waals surface area contributed by atoms with Crippen molar-refractivity contribution in [2.45, 2.75) is 0 Å². The molecule has 0 spiro atoms. The van der Waals surface area contributed by atoms with Gasteiger partial charge in [-0.3, -0.25) is 0 Å². The Bertz CT molecular complexity index is 3490. The lowest BCUT2D eigenvalue weighted by molar-refractivity contribution is 0.669. The average molecular weight is 765 g/mol. The number of thiophene rings is 2. The fraction of sp³-hybridized carbons (Fsp3) is 0. The Balaban J connectivity index is 1.22. The van der Waals surface area contributed by atoms with Gasteiger partial charge in [0.1, 0.15) is 11.2 Å². The van der Waals surface area contributed by atoms with Crippen LogP contribution >= 0.6 is 22.7 Å². The van der Waals surface area contributed by atoms with Crippen molar-refractivity contribution in [1.82, 2.24) is 0 Å². The number of rotatable bonds is 6. The van der Waals surface area contributed by atoms with E-state index in [-0.39, 0.29) is 0 Å². The van der Waals surface area contributed by atoms with E-state index in [0.717, 1.165) is 56.1 Å². The van der Waals surface area contributed by atoms with Gasteiger partial charge in [-0.1, -0.05) is 121 Å². The van der Waals surface area contributed by atoms with E-state index >= 15 is 0 Å². The molecule has 12 rings (SSSR count). The van der Waals surface area contributed by atoms with E-state index in [4.69, 9.17) is 4.42 Å². The molecule has 0 aliphatic rings. The van der Waals surface area contributed by atoms with Crippen LogP contribution in [-0.2, 0) is 0 Å². The Morgan fingerprint density at radius 3 is 1.79 bits per heavy atom. The molecule has 0 fully saturated rings. The third-order valence-corrected chi connectivity index (χ3v) is 13.6. The largest absolute Gasteiger partial charge is 0.456 e. The highest BCUT2D eigenvalue weighted by Crippen LogP contribution is 2.53. The molecule has 0 aliphatic heterocycles. The first kappa shape index (κ1) is 32.3. The van der Waals surface area contributed by atoms with Crippen molar-refractivity contribution in [3.63, 3.8) is 0 Å². The van der Waals surface area contributed by atoms with Crippen molar-refractivity contribution in [2.24, 2.45) is 0 Å². The number of hydrogen-bond donors (Lipinski definition) is 0. The van der Waals surface area contributed by atoms with Crippen LogP contribution in [0.1, 0.15) is 0 Å². The molecule has 3 nitrogen and oxygen atoms in total. The molecule has 57 heavy (non-hydrogen) atoms. The smallest absolute Gasteiger partial charge is 0.135 e. The quantitative estimate of drug-likeness (QED) is 0.168. The highest BCUT2D eigenvalue weighted by molar-refractivity contribution is 7.27. The molecule has 12 aromatic rings. The van der Waals surface area contributed by atoms with Gasteiger partial charge < -0.3 is 14.2 Å². The number of anilines is 6. The van der Waals surface area contributed by atoms with Crippen LogP contribution in [0.3, 0.4) is 0 Å². The van der Waals surface area contributed by atoms with E-state index in [0.29, 0.717) is 0 Å². The predicted octanol–water partition coefficient (Wildman–Crippen LogP) is 16.4. The maximum atomic E-state index is 6.34. The summed E-state index contributed by atoms with van der Waals surface area (Å²) in [7, 11) is 0. The van der Waals surface area contributed by atoms with Gasteiger partial charge in [0, 0.05) is 63.5 Å². The molecule has 0 saturated carbocycles. The Kier molecular flexibility index (Phi) is 7.27. The third kappa shape index (κ3) is 5.10. The molecule has 0 aliphatic carbocycles. The molecule has 0 amide bonds. The molecule has 0 saturated heterocycles. The first-order valence-electron chi connectivity index (χ1n) is 19.2. The summed E-state index contributed by atoms with van der Waals surface area (Å²) in [4.78, 5) is 4.91. The summed E-state index contributed by atoms with van der Waals surface area (Å²) in [5.74, 6) is 0. The van der Waals surface area contributed by atoms with Crippen molar-refractivity contribution in [3.05, 3.63) is 194 Å². The average Bonchev–Trinajstić information content (AvgIpc) is 3.96. The minimum atomic E-state index is 0.877. The Labute approximate surface area is 336 Å². The van der Waals surface area contributed by atoms with E-state index in [1.165, 1.54) is 51.1 Å². The van der Waals surface area contributed by atoms with Gasteiger partial charge in [-0.2, -0.15) is 0 Å². The predicted molar refractivity (Wildman–Crippen MR) is 246 cm³/mol. The number of hydrogen-bond acceptors (Lipinski definition) is 5. The maximum absolute atomic E-state index is 6.34. The van der Waals surface area contributed by atoms with Crippen LogP contribution in [0.5, 0.6) is 0 Å². The second-order valence-corrected chi connectivity index (χ2v) is 16.6. The van der Waals surface area contributed by atoms with Gasteiger partial charge >= 0.3 is 0 Å². The third-order valence-electron chi connectivity index (χ3n) is 11.2. The molecule has 3 heterocycles. The van der Waals surface area contributed by atoms with Gasteiger partial charge in [0.25, 0.3) is 0 Å². The zero-order valence-corrected chi connectivity index (χ0v) is 32.2. The molecule has 3 aromatic heterocycles. The normalized spacial score (nSPS) is 11.9. The Morgan fingerprint density at radius 2 is 0.947 bits per heavy atom. The van der Waals surface area contributed by atoms with Crippen LogP contribution in [0.4, 0.5) is 34.1 Å². The Morgan fingerprint density at radius 1 is 0.316 bits per heavy atom. The molecule has 5 heteroatoms. The van der Waals surface area contributed by atoms with E-state index in [9.17, 15) is 0 Å². The summed E-state index contributed by atoms with van der Waals surface area (Å²) >= 11 is 3.74. The minimum absolute atomic E-state index is 0.877. The van der Waals surface area contributed by atoms with Crippen LogP contribution < -0.4 is 9.80 Å². The first-order valence-corrected chi connectivity index (χ1v) is 20.8. The van der Waals surface area contributed by atoms with Crippen LogP contribution in [0.25, 0.3) is 73.1 Å². The molecule has 0 bridgehead atoms. The highest BCUT2D eigenvalue weighted by atomic mass is 32.1. The van der Waals surface area contributed by atoms with Gasteiger partial charge in [-0.15, -0.1) is 22.7 Å². The molecule has 0 N–H and O–H groups in total. The molecule has 0 unspecified atom stereocenters. The number of para-hydroxylation sites is 3. The summed E-state index contributed by atoms with van der Waals surface area (Å²) in [6.07, 6.45) is 0. The van der Waals surface area contributed by atoms with Gasteiger partial charge in [0.05, 0.1) is 21.8 Å². The zero-order valence-electron chi connectivity index (χ0n) is 30.6. The van der Waals surface area contributed by atoms with E-state index in [1.54, 1.807) is 0 Å². The maximum Gasteiger partial charge on any atom is 0.135 e. The van der Waals surface area contributed by atoms with Gasteiger partial charge in [0.15, 0.2) is 0 Å². The van der Waals surface area contributed by atoms with Crippen LogP contribution in [0.15, 0.2) is 199 Å². The second kappa shape index (κ2) is 12.8. The van der Waals surface area contributed by atoms with E-state index in [2.05, 4.69) is 192 Å². The summed E-state index contributed by atoms with van der Waals surface area (Å²) in [6, 6.07) is 70.3. The molecule has 268 valence electrons. The molecule has 9 aromatic carbocycles. The van der Waals surface area contributed by atoms with Gasteiger partial charge in [0.2, 0.25) is 0 Å². The molecule has 0 radical (unpaired) electrons. The lowest BCUT2D eigenvalue weighted by Crippen LogP contribution is -2.17. The second-order valence-electron chi connectivity index (χ2n) is 14.5. The van der Waals surface area contributed by atoms with Crippen LogP contribution in [0.2, 0.25) is 0 Å². The van der Waals surface area contributed by atoms with Gasteiger partial charge in [-0.05, 0) is 83.6 Å². The monoisotopic (exact) mass is 764 g/mol. The summed E-state index contributed by atoms with van der Waals surface area (Å²) in [6.45, 7) is 0. The van der Waals surface area contributed by atoms with Crippen LogP contribution in [-0.4, -0.2) is 0 Å². The molecular formula is C52H32N2OS2. The van der Waals surface area contributed by atoms with Gasteiger partial charge in [-0.25, -0.2) is 0 Å². The molecular weight excluding hydrogens is 733 g/mol. The van der Waals surface area contributed by atoms with Crippen molar-refractivity contribution >= 4 is 130 Å². The van der Waals surface area contributed by atoms with Crippen LogP contribution in [0, 0.1) is 0 Å². The highest BCUT2D eigenvalue weighted by Gasteiger charge is 2.27. The van der Waals surface area contributed by atoms with Crippen molar-refractivity contribution < 1.29 is 4.42 Å². The van der Waals surface area contributed by atoms with Crippen molar-refractivity contribution in [1.29, 1.82) is 0 Å².